The Hall–Kier alpha value is -2.16. The van der Waals surface area contributed by atoms with Crippen molar-refractivity contribution >= 4 is 17.2 Å². The molecule has 0 bridgehead atoms. The minimum absolute atomic E-state index is 0.0864. The van der Waals surface area contributed by atoms with Crippen LogP contribution in [0.4, 0.5) is 0 Å². The fourth-order valence-corrected chi connectivity index (χ4v) is 2.47. The van der Waals surface area contributed by atoms with E-state index in [9.17, 15) is 4.79 Å². The summed E-state index contributed by atoms with van der Waals surface area (Å²) in [6, 6.07) is 7.18. The largest absolute Gasteiger partial charge is 0.351 e. The predicted molar refractivity (Wildman–Crippen MR) is 85.2 cm³/mol. The highest BCUT2D eigenvalue weighted by Gasteiger charge is 2.11. The maximum Gasteiger partial charge on any atom is 0.251 e. The summed E-state index contributed by atoms with van der Waals surface area (Å²) in [4.78, 5) is 16.3. The number of rotatable bonds is 4. The average Bonchev–Trinajstić information content (AvgIpc) is 3.05. The lowest BCUT2D eigenvalue weighted by molar-refractivity contribution is 0.0951. The maximum atomic E-state index is 12.1. The van der Waals surface area contributed by atoms with Crippen molar-refractivity contribution in [2.45, 2.75) is 12.8 Å². The first-order valence-corrected chi connectivity index (χ1v) is 7.55. The number of hydrogen-bond donors (Lipinski definition) is 2. The van der Waals surface area contributed by atoms with Gasteiger partial charge < -0.3 is 11.1 Å². The highest BCUT2D eigenvalue weighted by Crippen LogP contribution is 2.16. The van der Waals surface area contributed by atoms with Gasteiger partial charge in [0.25, 0.3) is 5.91 Å². The Morgan fingerprint density at radius 3 is 2.81 bits per heavy atom. The lowest BCUT2D eigenvalue weighted by Gasteiger charge is -2.10. The van der Waals surface area contributed by atoms with E-state index in [0.29, 0.717) is 18.7 Å². The number of thiazole rings is 1. The Balaban J connectivity index is 1.91. The molecule has 0 saturated heterocycles. The molecule has 0 aliphatic heterocycles. The third-order valence-electron chi connectivity index (χ3n) is 2.92. The van der Waals surface area contributed by atoms with Gasteiger partial charge in [0.2, 0.25) is 0 Å². The van der Waals surface area contributed by atoms with Crippen LogP contribution >= 0.6 is 11.3 Å². The fraction of sp³-hybridized carbons (Fsp3) is 0.250. The molecule has 0 spiro atoms. The minimum atomic E-state index is -0.0864. The molecule has 1 aromatic heterocycles. The van der Waals surface area contributed by atoms with Gasteiger partial charge in [-0.1, -0.05) is 18.8 Å². The number of benzene rings is 1. The zero-order valence-electron chi connectivity index (χ0n) is 11.8. The average molecular weight is 299 g/mol. The van der Waals surface area contributed by atoms with E-state index in [2.05, 4.69) is 22.1 Å². The third-order valence-corrected chi connectivity index (χ3v) is 3.93. The third kappa shape index (κ3) is 4.42. The van der Waals surface area contributed by atoms with Crippen molar-refractivity contribution in [3.05, 3.63) is 52.0 Å². The van der Waals surface area contributed by atoms with E-state index in [-0.39, 0.29) is 11.8 Å². The van der Waals surface area contributed by atoms with Crippen molar-refractivity contribution in [3.63, 3.8) is 0 Å². The smallest absolute Gasteiger partial charge is 0.251 e. The summed E-state index contributed by atoms with van der Waals surface area (Å²) in [5.74, 6) is 5.83. The van der Waals surface area contributed by atoms with Crippen LogP contribution in [0, 0.1) is 11.8 Å². The van der Waals surface area contributed by atoms with Crippen molar-refractivity contribution in [3.8, 4) is 11.8 Å². The van der Waals surface area contributed by atoms with Gasteiger partial charge in [-0.15, -0.1) is 11.3 Å². The summed E-state index contributed by atoms with van der Waals surface area (Å²) in [7, 11) is 0. The van der Waals surface area contributed by atoms with Gasteiger partial charge >= 0.3 is 0 Å². The topological polar surface area (TPSA) is 68.0 Å². The second-order valence-corrected chi connectivity index (χ2v) is 5.49. The van der Waals surface area contributed by atoms with E-state index in [4.69, 9.17) is 5.73 Å². The zero-order chi connectivity index (χ0) is 15.1. The first kappa shape index (κ1) is 15.2. The molecule has 0 saturated carbocycles. The van der Waals surface area contributed by atoms with Crippen LogP contribution in [0.25, 0.3) is 0 Å². The molecule has 3 N–H and O–H groups in total. The number of amides is 1. The Morgan fingerprint density at radius 1 is 1.43 bits per heavy atom. The molecule has 1 atom stereocenters. The molecular formula is C16H17N3OS. The highest BCUT2D eigenvalue weighted by atomic mass is 32.1. The van der Waals surface area contributed by atoms with E-state index in [1.165, 1.54) is 0 Å². The number of nitrogens with zero attached hydrogens (tertiary/aromatic N) is 1. The highest BCUT2D eigenvalue weighted by molar-refractivity contribution is 7.09. The van der Waals surface area contributed by atoms with Crippen LogP contribution in [0.3, 0.4) is 0 Å². The molecule has 5 heteroatoms. The lowest BCUT2D eigenvalue weighted by Crippen LogP contribution is -2.27. The van der Waals surface area contributed by atoms with E-state index >= 15 is 0 Å². The molecule has 0 radical (unpaired) electrons. The molecule has 0 aliphatic carbocycles. The number of hydrogen-bond acceptors (Lipinski definition) is 4. The molecule has 0 fully saturated rings. The van der Waals surface area contributed by atoms with Crippen LogP contribution in [0.15, 0.2) is 35.8 Å². The van der Waals surface area contributed by atoms with Crippen LogP contribution in [0.5, 0.6) is 0 Å². The molecule has 2 rings (SSSR count). The second kappa shape index (κ2) is 7.58. The quantitative estimate of drug-likeness (QED) is 0.848. The van der Waals surface area contributed by atoms with E-state index in [0.717, 1.165) is 10.6 Å². The SMILES string of the molecule is CC(CNC(=O)c1ccc(C#CCN)cc1)c1nccs1. The van der Waals surface area contributed by atoms with E-state index in [1.54, 1.807) is 29.7 Å². The van der Waals surface area contributed by atoms with Gasteiger partial charge in [0.15, 0.2) is 0 Å². The summed E-state index contributed by atoms with van der Waals surface area (Å²) in [5, 5.41) is 5.89. The molecule has 1 heterocycles. The Labute approximate surface area is 128 Å². The van der Waals surface area contributed by atoms with Crippen LogP contribution in [0.1, 0.15) is 33.8 Å². The van der Waals surface area contributed by atoms with E-state index in [1.807, 2.05) is 24.4 Å². The predicted octanol–water partition coefficient (Wildman–Crippen LogP) is 1.99. The first-order chi connectivity index (χ1) is 10.2. The molecule has 1 unspecified atom stereocenters. The second-order valence-electron chi connectivity index (χ2n) is 4.56. The van der Waals surface area contributed by atoms with Gasteiger partial charge in [-0.25, -0.2) is 4.98 Å². The van der Waals surface area contributed by atoms with Crippen LogP contribution < -0.4 is 11.1 Å². The van der Waals surface area contributed by atoms with Crippen molar-refractivity contribution in [2.24, 2.45) is 5.73 Å². The number of aromatic nitrogens is 1. The number of carbonyl (C=O) groups is 1. The molecule has 0 aliphatic rings. The molecule has 108 valence electrons. The molecular weight excluding hydrogens is 282 g/mol. The van der Waals surface area contributed by atoms with Crippen LogP contribution in [0.2, 0.25) is 0 Å². The normalized spacial score (nSPS) is 11.3. The Bertz CT molecular complexity index is 638. The Kier molecular flexibility index (Phi) is 5.50. The summed E-state index contributed by atoms with van der Waals surface area (Å²) < 4.78 is 0. The zero-order valence-corrected chi connectivity index (χ0v) is 12.6. The monoisotopic (exact) mass is 299 g/mol. The van der Waals surface area contributed by atoms with E-state index < -0.39 is 0 Å². The number of carbonyl (C=O) groups excluding carboxylic acids is 1. The summed E-state index contributed by atoms with van der Waals surface area (Å²) in [6.45, 7) is 2.95. The number of nitrogens with two attached hydrogens (primary N) is 1. The number of nitrogens with one attached hydrogen (secondary N) is 1. The first-order valence-electron chi connectivity index (χ1n) is 6.67. The Morgan fingerprint density at radius 2 is 2.19 bits per heavy atom. The van der Waals surface area contributed by atoms with Crippen LogP contribution in [-0.4, -0.2) is 24.0 Å². The van der Waals surface area contributed by atoms with Crippen molar-refractivity contribution in [1.29, 1.82) is 0 Å². The lowest BCUT2D eigenvalue weighted by atomic mass is 10.1. The van der Waals surface area contributed by atoms with Crippen molar-refractivity contribution in [1.82, 2.24) is 10.3 Å². The molecule has 2 aromatic rings. The minimum Gasteiger partial charge on any atom is -0.351 e. The van der Waals surface area contributed by atoms with Crippen molar-refractivity contribution < 1.29 is 4.79 Å². The van der Waals surface area contributed by atoms with Gasteiger partial charge in [0, 0.05) is 35.2 Å². The molecule has 1 amide bonds. The van der Waals surface area contributed by atoms with Crippen LogP contribution in [-0.2, 0) is 0 Å². The van der Waals surface area contributed by atoms with Gasteiger partial charge in [0.1, 0.15) is 0 Å². The van der Waals surface area contributed by atoms with Gasteiger partial charge in [-0.3, -0.25) is 4.79 Å². The van der Waals surface area contributed by atoms with Crippen molar-refractivity contribution in [2.75, 3.05) is 13.1 Å². The standard InChI is InChI=1S/C16H17N3OS/c1-12(16-18-9-10-21-16)11-19-15(20)14-6-4-13(5-7-14)3-2-8-17/h4-7,9-10,12H,8,11,17H2,1H3,(H,19,20). The fourth-order valence-electron chi connectivity index (χ4n) is 1.77. The summed E-state index contributed by atoms with van der Waals surface area (Å²) in [6.07, 6.45) is 1.78. The summed E-state index contributed by atoms with van der Waals surface area (Å²) >= 11 is 1.60. The molecule has 21 heavy (non-hydrogen) atoms. The maximum absolute atomic E-state index is 12.1. The summed E-state index contributed by atoms with van der Waals surface area (Å²) in [5.41, 5.74) is 6.80. The van der Waals surface area contributed by atoms with Gasteiger partial charge in [-0.05, 0) is 24.3 Å². The van der Waals surface area contributed by atoms with Gasteiger partial charge in [-0.2, -0.15) is 0 Å². The molecule has 1 aromatic carbocycles. The van der Waals surface area contributed by atoms with Gasteiger partial charge in [0.05, 0.1) is 11.6 Å². The molecule has 4 nitrogen and oxygen atoms in total.